The fraction of sp³-hybridized carbons (Fsp3) is 0.778. The number of hydrogen-bond acceptors (Lipinski definition) is 2. The van der Waals surface area contributed by atoms with Gasteiger partial charge in [-0.2, -0.15) is 0 Å². The second-order valence-electron chi connectivity index (χ2n) is 3.41. The molecule has 0 saturated carbocycles. The Bertz CT molecular complexity index is 159. The Morgan fingerprint density at radius 1 is 1.75 bits per heavy atom. The Kier molecular flexibility index (Phi) is 4.06. The molecule has 0 aromatic rings. The van der Waals surface area contributed by atoms with Gasteiger partial charge < -0.3 is 5.11 Å². The largest absolute Gasteiger partial charge is 0.393 e. The fourth-order valence-corrected chi connectivity index (χ4v) is 1.69. The number of aliphatic hydroxyl groups excluding tert-OH is 1. The molecule has 1 aliphatic heterocycles. The van der Waals surface area contributed by atoms with Gasteiger partial charge in [-0.15, -0.1) is 0 Å². The van der Waals surface area contributed by atoms with E-state index in [0.717, 1.165) is 26.1 Å². The number of likely N-dealkylation sites (tertiary alicyclic amines) is 1. The third-order valence-electron chi connectivity index (χ3n) is 2.44. The Morgan fingerprint density at radius 3 is 3.00 bits per heavy atom. The highest BCUT2D eigenvalue weighted by Crippen LogP contribution is 2.18. The van der Waals surface area contributed by atoms with E-state index in [1.54, 1.807) is 5.54 Å². The highest BCUT2D eigenvalue weighted by molar-refractivity contribution is 6.25. The summed E-state index contributed by atoms with van der Waals surface area (Å²) in [5.41, 5.74) is 1.55. The predicted molar refractivity (Wildman–Crippen MR) is 51.2 cm³/mol. The Hall–Kier alpha value is -0.0500. The molecule has 0 spiro atoms. The van der Waals surface area contributed by atoms with Crippen molar-refractivity contribution in [1.29, 1.82) is 0 Å². The average Bonchev–Trinajstić information content (AvgIpc) is 2.48. The van der Waals surface area contributed by atoms with E-state index in [1.807, 2.05) is 13.0 Å². The van der Waals surface area contributed by atoms with Gasteiger partial charge in [0.25, 0.3) is 0 Å². The summed E-state index contributed by atoms with van der Waals surface area (Å²) in [4.78, 5) is 2.30. The van der Waals surface area contributed by atoms with E-state index in [0.29, 0.717) is 5.92 Å². The lowest BCUT2D eigenvalue weighted by molar-refractivity contribution is 0.129. The zero-order valence-electron chi connectivity index (χ0n) is 7.41. The van der Waals surface area contributed by atoms with Crippen molar-refractivity contribution in [3.05, 3.63) is 11.6 Å². The van der Waals surface area contributed by atoms with Gasteiger partial charge in [0, 0.05) is 18.6 Å². The van der Waals surface area contributed by atoms with Crippen LogP contribution in [0.25, 0.3) is 0 Å². The van der Waals surface area contributed by atoms with Crippen LogP contribution in [0.1, 0.15) is 13.3 Å². The molecule has 12 heavy (non-hydrogen) atoms. The second-order valence-corrected chi connectivity index (χ2v) is 3.66. The molecule has 1 N–H and O–H groups in total. The highest BCUT2D eigenvalue weighted by Gasteiger charge is 2.24. The van der Waals surface area contributed by atoms with Gasteiger partial charge in [0.15, 0.2) is 0 Å². The molecule has 1 aliphatic rings. The Morgan fingerprint density at radius 2 is 2.50 bits per heavy atom. The number of aliphatic hydroxyl groups is 1. The molecule has 2 unspecified atom stereocenters. The van der Waals surface area contributed by atoms with Crippen molar-refractivity contribution in [2.75, 3.05) is 19.6 Å². The van der Waals surface area contributed by atoms with Gasteiger partial charge in [0.05, 0.1) is 6.10 Å². The van der Waals surface area contributed by atoms with Crippen molar-refractivity contribution in [2.24, 2.45) is 5.92 Å². The van der Waals surface area contributed by atoms with Crippen molar-refractivity contribution in [3.63, 3.8) is 0 Å². The molecule has 0 bridgehead atoms. The molecule has 1 rings (SSSR count). The van der Waals surface area contributed by atoms with Gasteiger partial charge in [0.2, 0.25) is 0 Å². The van der Waals surface area contributed by atoms with Crippen LogP contribution < -0.4 is 0 Å². The molecule has 1 fully saturated rings. The lowest BCUT2D eigenvalue weighted by Gasteiger charge is -2.14. The maximum atomic E-state index is 9.32. The molecule has 0 aromatic carbocycles. The highest BCUT2D eigenvalue weighted by atomic mass is 35.5. The number of halogens is 1. The maximum Gasteiger partial charge on any atom is 0.0552 e. The summed E-state index contributed by atoms with van der Waals surface area (Å²) >= 11 is 5.42. The van der Waals surface area contributed by atoms with Crippen LogP contribution in [-0.4, -0.2) is 35.7 Å². The van der Waals surface area contributed by atoms with Gasteiger partial charge in [-0.05, 0) is 25.8 Å². The lowest BCUT2D eigenvalue weighted by Crippen LogP contribution is -2.24. The molecule has 70 valence electrons. The summed E-state index contributed by atoms with van der Waals surface area (Å²) in [6, 6.07) is 0. The average molecular weight is 190 g/mol. The van der Waals surface area contributed by atoms with E-state index in [1.165, 1.54) is 0 Å². The van der Waals surface area contributed by atoms with Crippen LogP contribution in [0.2, 0.25) is 0 Å². The van der Waals surface area contributed by atoms with Crippen LogP contribution in [0.15, 0.2) is 11.6 Å². The normalized spacial score (nSPS) is 28.4. The zero-order valence-corrected chi connectivity index (χ0v) is 8.17. The van der Waals surface area contributed by atoms with E-state index < -0.39 is 0 Å². The number of nitrogens with zero attached hydrogens (tertiary/aromatic N) is 1. The molecular weight excluding hydrogens is 174 g/mol. The third-order valence-corrected chi connectivity index (χ3v) is 2.62. The molecule has 3 heteroatoms. The van der Waals surface area contributed by atoms with E-state index >= 15 is 0 Å². The van der Waals surface area contributed by atoms with Crippen LogP contribution in [0, 0.1) is 5.92 Å². The van der Waals surface area contributed by atoms with Crippen molar-refractivity contribution >= 4 is 11.6 Å². The van der Waals surface area contributed by atoms with Gasteiger partial charge >= 0.3 is 0 Å². The van der Waals surface area contributed by atoms with Crippen LogP contribution in [-0.2, 0) is 0 Å². The first-order chi connectivity index (χ1) is 5.74. The standard InChI is InChI=1S/C9H16ClNO/c1-8(12)9-3-6-11(7-9)5-2-4-10/h2,4,8-9,12H,3,5-7H2,1H3/b4-2+. The first kappa shape index (κ1) is 10.0. The minimum atomic E-state index is -0.171. The molecule has 1 heterocycles. The van der Waals surface area contributed by atoms with Gasteiger partial charge in [-0.25, -0.2) is 0 Å². The quantitative estimate of drug-likeness (QED) is 0.727. The molecular formula is C9H16ClNO. The lowest BCUT2D eigenvalue weighted by atomic mass is 10.0. The molecule has 2 nitrogen and oxygen atoms in total. The van der Waals surface area contributed by atoms with Crippen molar-refractivity contribution in [2.45, 2.75) is 19.4 Å². The number of hydrogen-bond donors (Lipinski definition) is 1. The van der Waals surface area contributed by atoms with E-state index in [-0.39, 0.29) is 6.10 Å². The monoisotopic (exact) mass is 189 g/mol. The minimum Gasteiger partial charge on any atom is -0.393 e. The predicted octanol–water partition coefficient (Wildman–Crippen LogP) is 1.44. The SMILES string of the molecule is CC(O)C1CCN(C/C=C/Cl)C1. The van der Waals surface area contributed by atoms with Gasteiger partial charge in [0.1, 0.15) is 0 Å². The second kappa shape index (κ2) is 4.85. The van der Waals surface area contributed by atoms with Crippen LogP contribution in [0.3, 0.4) is 0 Å². The molecule has 0 aliphatic carbocycles. The van der Waals surface area contributed by atoms with Crippen LogP contribution in [0.5, 0.6) is 0 Å². The topological polar surface area (TPSA) is 23.5 Å². The first-order valence-electron chi connectivity index (χ1n) is 4.39. The van der Waals surface area contributed by atoms with Gasteiger partial charge in [-0.3, -0.25) is 4.90 Å². The van der Waals surface area contributed by atoms with E-state index in [2.05, 4.69) is 4.90 Å². The third kappa shape index (κ3) is 2.77. The van der Waals surface area contributed by atoms with Gasteiger partial charge in [-0.1, -0.05) is 17.7 Å². The molecule has 0 aromatic heterocycles. The summed E-state index contributed by atoms with van der Waals surface area (Å²) in [5, 5.41) is 9.32. The fourth-order valence-electron chi connectivity index (χ4n) is 1.61. The summed E-state index contributed by atoms with van der Waals surface area (Å²) in [5.74, 6) is 0.453. The maximum absolute atomic E-state index is 9.32. The summed E-state index contributed by atoms with van der Waals surface area (Å²) in [6.07, 6.45) is 2.87. The van der Waals surface area contributed by atoms with E-state index in [4.69, 9.17) is 11.6 Å². The van der Waals surface area contributed by atoms with Crippen molar-refractivity contribution < 1.29 is 5.11 Å². The van der Waals surface area contributed by atoms with E-state index in [9.17, 15) is 5.11 Å². The number of rotatable bonds is 3. The van der Waals surface area contributed by atoms with Crippen LogP contribution >= 0.6 is 11.6 Å². The summed E-state index contributed by atoms with van der Waals surface area (Å²) < 4.78 is 0. The minimum absolute atomic E-state index is 0.171. The Labute approximate surface area is 78.8 Å². The van der Waals surface area contributed by atoms with Crippen molar-refractivity contribution in [3.8, 4) is 0 Å². The molecule has 2 atom stereocenters. The van der Waals surface area contributed by atoms with Crippen LogP contribution in [0.4, 0.5) is 0 Å². The molecule has 0 radical (unpaired) electrons. The zero-order chi connectivity index (χ0) is 8.97. The smallest absolute Gasteiger partial charge is 0.0552 e. The molecule has 1 saturated heterocycles. The molecule has 0 amide bonds. The van der Waals surface area contributed by atoms with Crippen molar-refractivity contribution in [1.82, 2.24) is 4.90 Å². The summed E-state index contributed by atoms with van der Waals surface area (Å²) in [6.45, 7) is 4.86. The first-order valence-corrected chi connectivity index (χ1v) is 4.83. The summed E-state index contributed by atoms with van der Waals surface area (Å²) in [7, 11) is 0. The Balaban J connectivity index is 2.25.